The molecule has 2 heterocycles. The normalized spacial score (nSPS) is 14.4. The van der Waals surface area contributed by atoms with Gasteiger partial charge in [0.05, 0.1) is 24.2 Å². The van der Waals surface area contributed by atoms with E-state index in [9.17, 15) is 9.59 Å². The smallest absolute Gasteiger partial charge is 0.263 e. The fraction of sp³-hybridized carbons (Fsp3) is 0.250. The van der Waals surface area contributed by atoms with Gasteiger partial charge in [0.2, 0.25) is 5.95 Å². The van der Waals surface area contributed by atoms with Gasteiger partial charge in [-0.25, -0.2) is 4.98 Å². The Balaban J connectivity index is 1.87. The molecule has 0 radical (unpaired) electrons. The van der Waals surface area contributed by atoms with Crippen LogP contribution in [0.2, 0.25) is 0 Å². The molecule has 0 saturated heterocycles. The first kappa shape index (κ1) is 16.5. The minimum absolute atomic E-state index is 0.114. The maximum absolute atomic E-state index is 13.1. The van der Waals surface area contributed by atoms with Crippen molar-refractivity contribution < 1.29 is 4.79 Å². The Hall–Kier alpha value is -2.99. The number of nitrogens with zero attached hydrogens (tertiary/aromatic N) is 4. The zero-order chi connectivity index (χ0) is 18.1. The van der Waals surface area contributed by atoms with Crippen LogP contribution in [0.4, 0.5) is 5.95 Å². The van der Waals surface area contributed by atoms with Crippen LogP contribution in [0.1, 0.15) is 23.7 Å². The predicted molar refractivity (Wildman–Crippen MR) is 101 cm³/mol. The first-order valence-electron chi connectivity index (χ1n) is 8.78. The molecule has 0 fully saturated rings. The first-order valence-corrected chi connectivity index (χ1v) is 8.78. The van der Waals surface area contributed by atoms with E-state index in [4.69, 9.17) is 0 Å². The fourth-order valence-corrected chi connectivity index (χ4v) is 3.35. The number of aromatic nitrogens is 2. The largest absolute Gasteiger partial charge is 0.269 e. The number of hydrogen-bond donors (Lipinski definition) is 0. The van der Waals surface area contributed by atoms with Gasteiger partial charge in [-0.1, -0.05) is 37.3 Å². The van der Waals surface area contributed by atoms with E-state index in [0.717, 1.165) is 13.0 Å². The van der Waals surface area contributed by atoms with Crippen molar-refractivity contribution in [3.8, 4) is 0 Å². The van der Waals surface area contributed by atoms with Gasteiger partial charge < -0.3 is 0 Å². The van der Waals surface area contributed by atoms with Gasteiger partial charge in [0.15, 0.2) is 0 Å². The van der Waals surface area contributed by atoms with Gasteiger partial charge in [0, 0.05) is 12.1 Å². The van der Waals surface area contributed by atoms with Gasteiger partial charge in [-0.15, -0.1) is 0 Å². The van der Waals surface area contributed by atoms with Crippen LogP contribution in [0.3, 0.4) is 0 Å². The summed E-state index contributed by atoms with van der Waals surface area (Å²) in [7, 11) is 0. The molecule has 0 saturated carbocycles. The highest BCUT2D eigenvalue weighted by atomic mass is 16.2. The predicted octanol–water partition coefficient (Wildman–Crippen LogP) is 2.68. The number of amides is 1. The maximum atomic E-state index is 13.1. The Bertz CT molecular complexity index is 1010. The molecule has 2 aromatic carbocycles. The van der Waals surface area contributed by atoms with E-state index in [1.807, 2.05) is 30.3 Å². The molecule has 0 aliphatic carbocycles. The summed E-state index contributed by atoms with van der Waals surface area (Å²) in [6.07, 6.45) is 0.943. The summed E-state index contributed by atoms with van der Waals surface area (Å²) < 4.78 is 1.60. The molecule has 0 atom stereocenters. The standard InChI is InChI=1S/C20H20N4O2/c1-2-12-22-13-23(18(25)15-8-4-3-5-9-15)20-21-17-11-7-6-10-16(17)19(26)24(20)14-22/h3-11H,2,12-14H2,1H3. The molecule has 1 aliphatic rings. The minimum Gasteiger partial charge on any atom is -0.269 e. The molecule has 26 heavy (non-hydrogen) atoms. The van der Waals surface area contributed by atoms with E-state index in [2.05, 4.69) is 16.8 Å². The molecule has 6 nitrogen and oxygen atoms in total. The molecule has 132 valence electrons. The van der Waals surface area contributed by atoms with Crippen molar-refractivity contribution >= 4 is 22.8 Å². The third-order valence-electron chi connectivity index (χ3n) is 4.57. The van der Waals surface area contributed by atoms with E-state index in [-0.39, 0.29) is 11.5 Å². The highest BCUT2D eigenvalue weighted by Crippen LogP contribution is 2.22. The summed E-state index contributed by atoms with van der Waals surface area (Å²) >= 11 is 0. The quantitative estimate of drug-likeness (QED) is 0.730. The number of rotatable bonds is 3. The van der Waals surface area contributed by atoms with E-state index in [0.29, 0.717) is 35.8 Å². The zero-order valence-corrected chi connectivity index (χ0v) is 14.6. The molecule has 0 unspecified atom stereocenters. The van der Waals surface area contributed by atoms with Gasteiger partial charge in [0.25, 0.3) is 11.5 Å². The molecular formula is C20H20N4O2. The second-order valence-electron chi connectivity index (χ2n) is 6.44. The lowest BCUT2D eigenvalue weighted by atomic mass is 10.2. The Labute approximate surface area is 151 Å². The average Bonchev–Trinajstić information content (AvgIpc) is 2.69. The van der Waals surface area contributed by atoms with Gasteiger partial charge in [0.1, 0.15) is 0 Å². The van der Waals surface area contributed by atoms with Crippen molar-refractivity contribution in [3.05, 3.63) is 70.5 Å². The molecule has 0 bridgehead atoms. The summed E-state index contributed by atoms with van der Waals surface area (Å²) in [4.78, 5) is 34.4. The van der Waals surface area contributed by atoms with Crippen LogP contribution in [0, 0.1) is 0 Å². The van der Waals surface area contributed by atoms with Crippen LogP contribution in [0.25, 0.3) is 10.9 Å². The third-order valence-corrected chi connectivity index (χ3v) is 4.57. The fourth-order valence-electron chi connectivity index (χ4n) is 3.35. The van der Waals surface area contributed by atoms with E-state index in [1.165, 1.54) is 0 Å². The number of anilines is 1. The van der Waals surface area contributed by atoms with Crippen LogP contribution < -0.4 is 10.5 Å². The van der Waals surface area contributed by atoms with Crippen LogP contribution in [-0.2, 0) is 6.67 Å². The molecule has 4 rings (SSSR count). The van der Waals surface area contributed by atoms with Crippen molar-refractivity contribution in [2.45, 2.75) is 20.0 Å². The summed E-state index contributed by atoms with van der Waals surface area (Å²) in [6, 6.07) is 16.4. The van der Waals surface area contributed by atoms with E-state index >= 15 is 0 Å². The number of carbonyl (C=O) groups is 1. The highest BCUT2D eigenvalue weighted by molar-refractivity contribution is 6.05. The Morgan fingerprint density at radius 1 is 1.04 bits per heavy atom. The third kappa shape index (κ3) is 2.78. The molecule has 3 aromatic rings. The van der Waals surface area contributed by atoms with Gasteiger partial charge in [-0.2, -0.15) is 0 Å². The molecule has 1 amide bonds. The Kier molecular flexibility index (Phi) is 4.26. The highest BCUT2D eigenvalue weighted by Gasteiger charge is 2.30. The summed E-state index contributed by atoms with van der Waals surface area (Å²) in [5.41, 5.74) is 1.08. The van der Waals surface area contributed by atoms with Gasteiger partial charge in [-0.3, -0.25) is 24.0 Å². The summed E-state index contributed by atoms with van der Waals surface area (Å²) in [5, 5.41) is 0.571. The topological polar surface area (TPSA) is 58.4 Å². The lowest BCUT2D eigenvalue weighted by molar-refractivity contribution is 0.0933. The van der Waals surface area contributed by atoms with Crippen molar-refractivity contribution in [2.24, 2.45) is 0 Å². The summed E-state index contributed by atoms with van der Waals surface area (Å²) in [5.74, 6) is 0.261. The number of fused-ring (bicyclic) bond motifs is 2. The Morgan fingerprint density at radius 3 is 2.54 bits per heavy atom. The minimum atomic E-state index is -0.151. The van der Waals surface area contributed by atoms with Crippen LogP contribution >= 0.6 is 0 Å². The van der Waals surface area contributed by atoms with E-state index in [1.54, 1.807) is 33.7 Å². The van der Waals surface area contributed by atoms with Gasteiger partial charge in [-0.05, 0) is 30.7 Å². The molecule has 1 aliphatic heterocycles. The van der Waals surface area contributed by atoms with Crippen molar-refractivity contribution in [3.63, 3.8) is 0 Å². The summed E-state index contributed by atoms with van der Waals surface area (Å²) in [6.45, 7) is 3.75. The number of benzene rings is 2. The van der Waals surface area contributed by atoms with Crippen LogP contribution in [0.5, 0.6) is 0 Å². The molecule has 0 N–H and O–H groups in total. The number of hydrogen-bond acceptors (Lipinski definition) is 4. The number of para-hydroxylation sites is 1. The lowest BCUT2D eigenvalue weighted by Crippen LogP contribution is -2.51. The molecule has 6 heteroatoms. The first-order chi connectivity index (χ1) is 12.7. The van der Waals surface area contributed by atoms with E-state index < -0.39 is 0 Å². The molecule has 1 aromatic heterocycles. The monoisotopic (exact) mass is 348 g/mol. The molecular weight excluding hydrogens is 328 g/mol. The molecule has 0 spiro atoms. The zero-order valence-electron chi connectivity index (χ0n) is 14.6. The van der Waals surface area contributed by atoms with Crippen LogP contribution in [0.15, 0.2) is 59.4 Å². The lowest BCUT2D eigenvalue weighted by Gasteiger charge is -2.36. The average molecular weight is 348 g/mol. The van der Waals surface area contributed by atoms with Crippen LogP contribution in [-0.4, -0.2) is 33.6 Å². The maximum Gasteiger partial charge on any atom is 0.263 e. The Morgan fingerprint density at radius 2 is 1.77 bits per heavy atom. The SMILES string of the molecule is CCCN1CN(C(=O)c2ccccc2)c2nc3ccccc3c(=O)n2C1. The number of carbonyl (C=O) groups excluding carboxylic acids is 1. The van der Waals surface area contributed by atoms with Crippen molar-refractivity contribution in [1.82, 2.24) is 14.5 Å². The van der Waals surface area contributed by atoms with Gasteiger partial charge >= 0.3 is 0 Å². The van der Waals surface area contributed by atoms with Crippen molar-refractivity contribution in [1.29, 1.82) is 0 Å². The second kappa shape index (κ2) is 6.72. The van der Waals surface area contributed by atoms with Crippen molar-refractivity contribution in [2.75, 3.05) is 18.1 Å². The second-order valence-corrected chi connectivity index (χ2v) is 6.44.